The minimum absolute atomic E-state index is 0.666. The van der Waals surface area contributed by atoms with Gasteiger partial charge in [-0.15, -0.1) is 11.3 Å². The number of hydrogen-bond acceptors (Lipinski definition) is 4. The Bertz CT molecular complexity index is 3150. The summed E-state index contributed by atoms with van der Waals surface area (Å²) >= 11 is 1.81. The van der Waals surface area contributed by atoms with Crippen LogP contribution in [0.5, 0.6) is 0 Å². The molecule has 0 saturated carbocycles. The Morgan fingerprint density at radius 2 is 0.582 bits per heavy atom. The molecule has 2 heterocycles. The zero-order valence-electron chi connectivity index (χ0n) is 29.6. The number of hydrogen-bond donors (Lipinski definition) is 0. The lowest BCUT2D eigenvalue weighted by atomic mass is 9.92. The van der Waals surface area contributed by atoms with Crippen molar-refractivity contribution in [3.63, 3.8) is 0 Å². The summed E-state index contributed by atoms with van der Waals surface area (Å²) < 4.78 is 2.47. The molecule has 0 fully saturated rings. The number of aromatic nitrogens is 3. The number of rotatable bonds is 5. The molecular weight excluding hydrogens is 687 g/mol. The van der Waals surface area contributed by atoms with Gasteiger partial charge in [0, 0.05) is 36.9 Å². The van der Waals surface area contributed by atoms with Crippen LogP contribution >= 0.6 is 11.3 Å². The number of thiophene rings is 1. The van der Waals surface area contributed by atoms with Gasteiger partial charge >= 0.3 is 0 Å². The molecule has 0 atom stereocenters. The molecule has 11 rings (SSSR count). The lowest BCUT2D eigenvalue weighted by Crippen LogP contribution is -1.99. The topological polar surface area (TPSA) is 38.7 Å². The van der Waals surface area contributed by atoms with E-state index in [9.17, 15) is 0 Å². The van der Waals surface area contributed by atoms with E-state index >= 15 is 0 Å². The van der Waals surface area contributed by atoms with E-state index in [1.165, 1.54) is 74.7 Å². The Morgan fingerprint density at radius 1 is 0.236 bits per heavy atom. The molecule has 4 heteroatoms. The summed E-state index contributed by atoms with van der Waals surface area (Å²) in [6.07, 6.45) is 0. The third-order valence-electron chi connectivity index (χ3n) is 10.7. The predicted molar refractivity (Wildman–Crippen MR) is 232 cm³/mol. The highest BCUT2D eigenvalue weighted by atomic mass is 32.1. The van der Waals surface area contributed by atoms with Crippen LogP contribution in [-0.4, -0.2) is 15.0 Å². The van der Waals surface area contributed by atoms with E-state index in [4.69, 9.17) is 15.0 Å². The van der Waals surface area contributed by atoms with E-state index < -0.39 is 0 Å². The third kappa shape index (κ3) is 5.46. The molecule has 0 aliphatic rings. The molecule has 0 aliphatic heterocycles. The molecule has 0 bridgehead atoms. The largest absolute Gasteiger partial charge is 0.208 e. The number of benzene rings is 9. The molecule has 0 radical (unpaired) electrons. The second kappa shape index (κ2) is 12.8. The van der Waals surface area contributed by atoms with Crippen LogP contribution in [0.1, 0.15) is 0 Å². The zero-order valence-corrected chi connectivity index (χ0v) is 30.5. The molecule has 0 saturated heterocycles. The van der Waals surface area contributed by atoms with Crippen LogP contribution < -0.4 is 0 Å². The first-order chi connectivity index (χ1) is 27.2. The van der Waals surface area contributed by atoms with Crippen LogP contribution in [0.4, 0.5) is 0 Å². The van der Waals surface area contributed by atoms with E-state index in [0.29, 0.717) is 17.5 Å². The molecule has 3 nitrogen and oxygen atoms in total. The summed E-state index contributed by atoms with van der Waals surface area (Å²) in [5, 5.41) is 10.3. The quantitative estimate of drug-likeness (QED) is 0.166. The molecule has 55 heavy (non-hydrogen) atoms. The van der Waals surface area contributed by atoms with Crippen LogP contribution in [0.3, 0.4) is 0 Å². The summed E-state index contributed by atoms with van der Waals surface area (Å²) in [5.74, 6) is 2.00. The Labute approximate surface area is 321 Å². The first-order valence-corrected chi connectivity index (χ1v) is 19.3. The van der Waals surface area contributed by atoms with Crippen molar-refractivity contribution in [3.05, 3.63) is 188 Å². The molecule has 11 aromatic rings. The fourth-order valence-corrected chi connectivity index (χ4v) is 9.16. The van der Waals surface area contributed by atoms with Crippen LogP contribution in [0.25, 0.3) is 109 Å². The van der Waals surface area contributed by atoms with Gasteiger partial charge in [0.05, 0.1) is 0 Å². The monoisotopic (exact) mass is 717 g/mol. The maximum atomic E-state index is 4.97. The predicted octanol–water partition coefficient (Wildman–Crippen LogP) is 14.0. The van der Waals surface area contributed by atoms with Gasteiger partial charge in [0.1, 0.15) is 0 Å². The Hall–Kier alpha value is -7.01. The van der Waals surface area contributed by atoms with Gasteiger partial charge < -0.3 is 0 Å². The summed E-state index contributed by atoms with van der Waals surface area (Å²) in [5.41, 5.74) is 7.74. The van der Waals surface area contributed by atoms with Crippen molar-refractivity contribution in [1.29, 1.82) is 0 Å². The van der Waals surface area contributed by atoms with E-state index in [2.05, 4.69) is 127 Å². The Morgan fingerprint density at radius 3 is 1.09 bits per heavy atom. The highest BCUT2D eigenvalue weighted by Gasteiger charge is 2.15. The van der Waals surface area contributed by atoms with Crippen molar-refractivity contribution in [2.75, 3.05) is 0 Å². The summed E-state index contributed by atoms with van der Waals surface area (Å²) in [4.78, 5) is 14.8. The van der Waals surface area contributed by atoms with Crippen molar-refractivity contribution in [3.8, 4) is 56.4 Å². The molecule has 256 valence electrons. The molecule has 9 aromatic carbocycles. The van der Waals surface area contributed by atoms with Gasteiger partial charge in [-0.25, -0.2) is 15.0 Å². The third-order valence-corrected chi connectivity index (χ3v) is 11.8. The molecule has 0 amide bonds. The van der Waals surface area contributed by atoms with Gasteiger partial charge in [-0.1, -0.05) is 170 Å². The van der Waals surface area contributed by atoms with Gasteiger partial charge in [0.15, 0.2) is 17.5 Å². The maximum Gasteiger partial charge on any atom is 0.164 e. The normalized spacial score (nSPS) is 11.6. The molecular formula is C51H31N3S. The fraction of sp³-hybridized carbons (Fsp3) is 0. The Balaban J connectivity index is 0.941. The van der Waals surface area contributed by atoms with Crippen LogP contribution in [0, 0.1) is 0 Å². The highest BCUT2D eigenvalue weighted by molar-refractivity contribution is 7.25. The maximum absolute atomic E-state index is 4.97. The van der Waals surface area contributed by atoms with Gasteiger partial charge in [-0.05, 0) is 72.8 Å². The first-order valence-electron chi connectivity index (χ1n) is 18.5. The molecule has 0 aliphatic carbocycles. The van der Waals surface area contributed by atoms with E-state index in [1.807, 2.05) is 72.0 Å². The van der Waals surface area contributed by atoms with Crippen molar-refractivity contribution in [1.82, 2.24) is 15.0 Å². The van der Waals surface area contributed by atoms with Crippen molar-refractivity contribution < 1.29 is 0 Å². The van der Waals surface area contributed by atoms with Gasteiger partial charge in [-0.2, -0.15) is 0 Å². The fourth-order valence-electron chi connectivity index (χ4n) is 7.98. The highest BCUT2D eigenvalue weighted by Crippen LogP contribution is 2.40. The average Bonchev–Trinajstić information content (AvgIpc) is 3.64. The summed E-state index contributed by atoms with van der Waals surface area (Å²) in [7, 11) is 0. The zero-order chi connectivity index (χ0) is 36.3. The standard InChI is InChI=1S/C51H31N3S/c1-3-11-34(12-4-1)49-52-50(35-13-5-2-6-14-35)54-51(53-49)38-25-28-45-44-27-24-37(30-47(44)55-48(45)31-38)33-21-19-32(20-22-33)36-23-26-43-41-17-8-7-15-39(41)40-16-9-10-18-42(40)46(43)29-36/h1-31H. The second-order valence-electron chi connectivity index (χ2n) is 14.0. The van der Waals surface area contributed by atoms with Crippen molar-refractivity contribution in [2.24, 2.45) is 0 Å². The smallest absolute Gasteiger partial charge is 0.164 e. The lowest BCUT2D eigenvalue weighted by Gasteiger charge is -2.12. The van der Waals surface area contributed by atoms with E-state index in [-0.39, 0.29) is 0 Å². The van der Waals surface area contributed by atoms with E-state index in [1.54, 1.807) is 0 Å². The summed E-state index contributed by atoms with van der Waals surface area (Å²) in [6.45, 7) is 0. The van der Waals surface area contributed by atoms with Gasteiger partial charge in [0.2, 0.25) is 0 Å². The molecule has 0 spiro atoms. The average molecular weight is 718 g/mol. The van der Waals surface area contributed by atoms with Crippen LogP contribution in [0.2, 0.25) is 0 Å². The minimum atomic E-state index is 0.666. The SMILES string of the molecule is c1ccc(-c2nc(-c3ccccc3)nc(-c3ccc4c(c3)sc3cc(-c5ccc(-c6ccc7c8ccccc8c8ccccc8c7c6)cc5)ccc34)n2)cc1. The van der Waals surface area contributed by atoms with Gasteiger partial charge in [0.25, 0.3) is 0 Å². The number of fused-ring (bicyclic) bond motifs is 9. The van der Waals surface area contributed by atoms with Crippen molar-refractivity contribution in [2.45, 2.75) is 0 Å². The summed E-state index contributed by atoms with van der Waals surface area (Å²) in [6, 6.07) is 67.1. The van der Waals surface area contributed by atoms with Crippen LogP contribution in [-0.2, 0) is 0 Å². The van der Waals surface area contributed by atoms with Crippen LogP contribution in [0.15, 0.2) is 188 Å². The molecule has 0 N–H and O–H groups in total. The lowest BCUT2D eigenvalue weighted by molar-refractivity contribution is 1.07. The first kappa shape index (κ1) is 31.5. The number of nitrogens with zero attached hydrogens (tertiary/aromatic N) is 3. The van der Waals surface area contributed by atoms with E-state index in [0.717, 1.165) is 16.7 Å². The Kier molecular flexibility index (Phi) is 7.35. The molecule has 0 unspecified atom stereocenters. The van der Waals surface area contributed by atoms with Crippen molar-refractivity contribution >= 4 is 63.8 Å². The second-order valence-corrected chi connectivity index (χ2v) is 15.1. The van der Waals surface area contributed by atoms with Gasteiger partial charge in [-0.3, -0.25) is 0 Å². The molecule has 2 aromatic heterocycles. The minimum Gasteiger partial charge on any atom is -0.208 e.